The van der Waals surface area contributed by atoms with Crippen LogP contribution in [-0.4, -0.2) is 37.4 Å². The summed E-state index contributed by atoms with van der Waals surface area (Å²) in [4.78, 5) is 21.8. The van der Waals surface area contributed by atoms with Crippen LogP contribution in [0.1, 0.15) is 6.92 Å². The molecule has 4 nitrogen and oxygen atoms in total. The Kier molecular flexibility index (Phi) is 5.02. The number of carbonyl (C=O) groups is 2. The van der Waals surface area contributed by atoms with Gasteiger partial charge in [0.05, 0.1) is 17.3 Å². The fourth-order valence-electron chi connectivity index (χ4n) is 1.19. The lowest BCUT2D eigenvalue weighted by Gasteiger charge is -2.28. The summed E-state index contributed by atoms with van der Waals surface area (Å²) in [6.45, 7) is 1.86. The Bertz CT molecular complexity index is 198. The summed E-state index contributed by atoms with van der Waals surface area (Å²) >= 11 is 1.26. The summed E-state index contributed by atoms with van der Waals surface area (Å²) in [5.41, 5.74) is 4.33. The first kappa shape index (κ1) is 12.4. The Hall–Kier alpha value is -0.550. The molecule has 5 heteroatoms. The number of carbonyl (C=O) groups excluding carboxylic acids is 2. The first-order valence-electron chi connectivity index (χ1n) is 3.79. The van der Waals surface area contributed by atoms with Crippen molar-refractivity contribution in [3.63, 3.8) is 0 Å². The van der Waals surface area contributed by atoms with Gasteiger partial charge < -0.3 is 15.3 Å². The van der Waals surface area contributed by atoms with E-state index in [4.69, 9.17) is 10.5 Å². The van der Waals surface area contributed by atoms with Crippen LogP contribution in [0.15, 0.2) is 0 Å². The molecule has 1 amide bonds. The SMILES string of the molecule is COCC(C)(C=O)C(SC)C(N)=O. The lowest BCUT2D eigenvalue weighted by molar-refractivity contribution is -0.126. The van der Waals surface area contributed by atoms with Gasteiger partial charge in [-0.25, -0.2) is 0 Å². The van der Waals surface area contributed by atoms with Crippen molar-refractivity contribution in [3.8, 4) is 0 Å². The molecule has 0 heterocycles. The molecule has 0 saturated heterocycles. The van der Waals surface area contributed by atoms with Gasteiger partial charge in [-0.05, 0) is 13.2 Å². The van der Waals surface area contributed by atoms with E-state index in [9.17, 15) is 9.59 Å². The van der Waals surface area contributed by atoms with Crippen LogP contribution in [0.5, 0.6) is 0 Å². The molecule has 0 rings (SSSR count). The first-order chi connectivity index (χ1) is 6.01. The summed E-state index contributed by atoms with van der Waals surface area (Å²) in [5, 5.41) is -0.537. The van der Waals surface area contributed by atoms with Crippen molar-refractivity contribution in [2.75, 3.05) is 20.0 Å². The number of hydrogen-bond acceptors (Lipinski definition) is 4. The molecule has 0 aromatic carbocycles. The Morgan fingerprint density at radius 3 is 2.54 bits per heavy atom. The third kappa shape index (κ3) is 3.00. The van der Waals surface area contributed by atoms with Crippen molar-refractivity contribution in [2.24, 2.45) is 11.1 Å². The van der Waals surface area contributed by atoms with Crippen molar-refractivity contribution in [1.29, 1.82) is 0 Å². The molecule has 0 fully saturated rings. The molecule has 0 bridgehead atoms. The molecule has 0 aliphatic heterocycles. The predicted molar refractivity (Wildman–Crippen MR) is 52.5 cm³/mol. The van der Waals surface area contributed by atoms with Crippen LogP contribution >= 0.6 is 11.8 Å². The number of nitrogens with two attached hydrogens (primary N) is 1. The standard InChI is InChI=1S/C8H15NO3S/c1-8(4-10,5-12-2)6(13-3)7(9)11/h4,6H,5H2,1-3H3,(H2,9,11). The molecule has 2 unspecified atom stereocenters. The molecule has 76 valence electrons. The van der Waals surface area contributed by atoms with Gasteiger partial charge in [-0.2, -0.15) is 11.8 Å². The molecule has 0 aliphatic carbocycles. The molecular formula is C8H15NO3S. The maximum absolute atomic E-state index is 11.0. The van der Waals surface area contributed by atoms with Crippen molar-refractivity contribution in [3.05, 3.63) is 0 Å². The van der Waals surface area contributed by atoms with Gasteiger partial charge in [0.2, 0.25) is 5.91 Å². The fraction of sp³-hybridized carbons (Fsp3) is 0.750. The number of primary amides is 1. The Balaban J connectivity index is 4.68. The van der Waals surface area contributed by atoms with Crippen LogP contribution in [-0.2, 0) is 14.3 Å². The van der Waals surface area contributed by atoms with E-state index in [1.54, 1.807) is 13.2 Å². The summed E-state index contributed by atoms with van der Waals surface area (Å²) in [6, 6.07) is 0. The number of rotatable bonds is 6. The van der Waals surface area contributed by atoms with Gasteiger partial charge in [-0.15, -0.1) is 0 Å². The van der Waals surface area contributed by atoms with Gasteiger partial charge in [0.25, 0.3) is 0 Å². The molecule has 0 spiro atoms. The molecule has 0 saturated carbocycles. The van der Waals surface area contributed by atoms with Crippen molar-refractivity contribution >= 4 is 24.0 Å². The number of thioether (sulfide) groups is 1. The average molecular weight is 205 g/mol. The van der Waals surface area contributed by atoms with E-state index in [-0.39, 0.29) is 6.61 Å². The van der Waals surface area contributed by atoms with Crippen molar-refractivity contribution < 1.29 is 14.3 Å². The molecule has 0 radical (unpaired) electrons. The fourth-order valence-corrected chi connectivity index (χ4v) is 2.09. The third-order valence-corrected chi connectivity index (χ3v) is 3.06. The molecule has 2 N–H and O–H groups in total. The maximum Gasteiger partial charge on any atom is 0.231 e. The highest BCUT2D eigenvalue weighted by Gasteiger charge is 2.37. The highest BCUT2D eigenvalue weighted by molar-refractivity contribution is 8.00. The third-order valence-electron chi connectivity index (χ3n) is 1.82. The average Bonchev–Trinajstić information content (AvgIpc) is 2.05. The lowest BCUT2D eigenvalue weighted by atomic mass is 9.89. The lowest BCUT2D eigenvalue weighted by Crippen LogP contribution is -2.44. The molecule has 0 aromatic heterocycles. The molecule has 0 aromatic rings. The van der Waals surface area contributed by atoms with E-state index in [0.717, 1.165) is 6.29 Å². The van der Waals surface area contributed by atoms with Crippen LogP contribution in [0.4, 0.5) is 0 Å². The largest absolute Gasteiger partial charge is 0.384 e. The van der Waals surface area contributed by atoms with Crippen LogP contribution < -0.4 is 5.73 Å². The van der Waals surface area contributed by atoms with E-state index >= 15 is 0 Å². The highest BCUT2D eigenvalue weighted by Crippen LogP contribution is 2.28. The maximum atomic E-state index is 11.0. The number of amides is 1. The predicted octanol–water partition coefficient (Wildman–Crippen LogP) is 0.0549. The van der Waals surface area contributed by atoms with Crippen molar-refractivity contribution in [2.45, 2.75) is 12.2 Å². The zero-order valence-electron chi connectivity index (χ0n) is 8.07. The van der Waals surface area contributed by atoms with E-state index in [1.165, 1.54) is 18.9 Å². The number of methoxy groups -OCH3 is 1. The van der Waals surface area contributed by atoms with Crippen LogP contribution in [0.3, 0.4) is 0 Å². The molecule has 2 atom stereocenters. The summed E-state index contributed by atoms with van der Waals surface area (Å²) in [7, 11) is 1.49. The quantitative estimate of drug-likeness (QED) is 0.622. The van der Waals surface area contributed by atoms with E-state index < -0.39 is 16.6 Å². The topological polar surface area (TPSA) is 69.4 Å². The minimum absolute atomic E-state index is 0.199. The van der Waals surface area contributed by atoms with Gasteiger partial charge >= 0.3 is 0 Å². The van der Waals surface area contributed by atoms with Crippen LogP contribution in [0, 0.1) is 5.41 Å². The minimum atomic E-state index is -0.833. The Labute approximate surface area is 82.2 Å². The van der Waals surface area contributed by atoms with E-state index in [2.05, 4.69) is 0 Å². The Morgan fingerprint density at radius 2 is 2.31 bits per heavy atom. The van der Waals surface area contributed by atoms with Gasteiger partial charge in [0.15, 0.2) is 0 Å². The monoisotopic (exact) mass is 205 g/mol. The summed E-state index contributed by atoms with van der Waals surface area (Å²) < 4.78 is 4.88. The van der Waals surface area contributed by atoms with Gasteiger partial charge in [0.1, 0.15) is 6.29 Å². The van der Waals surface area contributed by atoms with E-state index in [0.29, 0.717) is 0 Å². The van der Waals surface area contributed by atoms with Gasteiger partial charge in [0, 0.05) is 7.11 Å². The second-order valence-electron chi connectivity index (χ2n) is 3.07. The van der Waals surface area contributed by atoms with Crippen LogP contribution in [0.25, 0.3) is 0 Å². The molecule has 0 aliphatic rings. The normalized spacial score (nSPS) is 17.5. The zero-order valence-corrected chi connectivity index (χ0v) is 8.89. The first-order valence-corrected chi connectivity index (χ1v) is 5.08. The van der Waals surface area contributed by atoms with Gasteiger partial charge in [-0.3, -0.25) is 4.79 Å². The van der Waals surface area contributed by atoms with E-state index in [1.807, 2.05) is 0 Å². The second-order valence-corrected chi connectivity index (χ2v) is 4.02. The van der Waals surface area contributed by atoms with Gasteiger partial charge in [-0.1, -0.05) is 0 Å². The second kappa shape index (κ2) is 5.24. The number of ether oxygens (including phenoxy) is 1. The zero-order chi connectivity index (χ0) is 10.5. The molecule has 13 heavy (non-hydrogen) atoms. The minimum Gasteiger partial charge on any atom is -0.384 e. The van der Waals surface area contributed by atoms with Crippen LogP contribution in [0.2, 0.25) is 0 Å². The smallest absolute Gasteiger partial charge is 0.231 e. The number of aldehydes is 1. The summed E-state index contributed by atoms with van der Waals surface area (Å²) in [6.07, 6.45) is 2.47. The Morgan fingerprint density at radius 1 is 1.77 bits per heavy atom. The highest BCUT2D eigenvalue weighted by atomic mass is 32.2. The molecular weight excluding hydrogens is 190 g/mol. The van der Waals surface area contributed by atoms with Crippen molar-refractivity contribution in [1.82, 2.24) is 0 Å². The number of hydrogen-bond donors (Lipinski definition) is 1. The summed E-state index contributed by atoms with van der Waals surface area (Å²) in [5.74, 6) is -0.487.